The van der Waals surface area contributed by atoms with Crippen LogP contribution in [-0.4, -0.2) is 44.9 Å². The minimum absolute atomic E-state index is 0.0819. The van der Waals surface area contributed by atoms with Crippen LogP contribution in [0.2, 0.25) is 0 Å². The van der Waals surface area contributed by atoms with Crippen LogP contribution in [0.5, 0.6) is 23.0 Å². The van der Waals surface area contributed by atoms with Crippen LogP contribution in [-0.2, 0) is 0 Å². The van der Waals surface area contributed by atoms with Crippen LogP contribution in [0, 0.1) is 0 Å². The van der Waals surface area contributed by atoms with Gasteiger partial charge in [0.15, 0.2) is 16.6 Å². The lowest BCUT2D eigenvalue weighted by Gasteiger charge is -2.15. The van der Waals surface area contributed by atoms with Crippen molar-refractivity contribution < 1.29 is 28.5 Å². The van der Waals surface area contributed by atoms with Gasteiger partial charge in [0.25, 0.3) is 11.8 Å². The highest BCUT2D eigenvalue weighted by Gasteiger charge is 2.18. The summed E-state index contributed by atoms with van der Waals surface area (Å²) < 4.78 is 21.5. The van der Waals surface area contributed by atoms with Gasteiger partial charge in [0, 0.05) is 5.56 Å². The molecule has 178 valence electrons. The van der Waals surface area contributed by atoms with Crippen molar-refractivity contribution in [2.24, 2.45) is 0 Å². The molecule has 0 aliphatic carbocycles. The normalized spacial score (nSPS) is 10.1. The van der Waals surface area contributed by atoms with Gasteiger partial charge in [-0.15, -0.1) is 0 Å². The maximum Gasteiger partial charge on any atom is 0.269 e. The number of carbonyl (C=O) groups is 2. The van der Waals surface area contributed by atoms with Crippen LogP contribution in [0.25, 0.3) is 0 Å². The lowest BCUT2D eigenvalue weighted by atomic mass is 10.1. The predicted octanol–water partition coefficient (Wildman–Crippen LogP) is 3.23. The Bertz CT molecular complexity index is 957. The molecule has 0 bridgehead atoms. The fourth-order valence-corrected chi connectivity index (χ4v) is 3.06. The van der Waals surface area contributed by atoms with E-state index in [0.717, 1.165) is 19.3 Å². The fourth-order valence-electron chi connectivity index (χ4n) is 2.91. The first-order valence-electron chi connectivity index (χ1n) is 10.4. The first kappa shape index (κ1) is 25.7. The molecule has 0 fully saturated rings. The molecule has 10 heteroatoms. The second kappa shape index (κ2) is 13.1. The van der Waals surface area contributed by atoms with E-state index in [2.05, 4.69) is 23.1 Å². The van der Waals surface area contributed by atoms with Crippen molar-refractivity contribution in [2.75, 3.05) is 27.9 Å². The maximum absolute atomic E-state index is 12.6. The summed E-state index contributed by atoms with van der Waals surface area (Å²) in [6, 6.07) is 9.88. The molecule has 0 heterocycles. The number of rotatable bonds is 10. The van der Waals surface area contributed by atoms with Crippen molar-refractivity contribution >= 4 is 29.1 Å². The number of hydrazine groups is 1. The molecule has 0 unspecified atom stereocenters. The van der Waals surface area contributed by atoms with E-state index in [1.165, 1.54) is 33.5 Å². The van der Waals surface area contributed by atoms with Crippen molar-refractivity contribution in [3.63, 3.8) is 0 Å². The number of benzene rings is 2. The number of para-hydroxylation sites is 1. The average Bonchev–Trinajstić information content (AvgIpc) is 2.84. The predicted molar refractivity (Wildman–Crippen MR) is 128 cm³/mol. The summed E-state index contributed by atoms with van der Waals surface area (Å²) in [5.74, 6) is 0.506. The number of carbonyl (C=O) groups excluding carboxylic acids is 2. The third-order valence-corrected chi connectivity index (χ3v) is 4.78. The Morgan fingerprint density at radius 1 is 0.879 bits per heavy atom. The summed E-state index contributed by atoms with van der Waals surface area (Å²) in [5, 5.41) is 2.44. The molecule has 0 atom stereocenters. The Morgan fingerprint density at radius 3 is 2.15 bits per heavy atom. The van der Waals surface area contributed by atoms with Gasteiger partial charge in [0.1, 0.15) is 5.75 Å². The minimum Gasteiger partial charge on any atom is -0.493 e. The van der Waals surface area contributed by atoms with Gasteiger partial charge in [0.05, 0.1) is 33.5 Å². The van der Waals surface area contributed by atoms with E-state index in [9.17, 15) is 9.59 Å². The van der Waals surface area contributed by atoms with Gasteiger partial charge in [-0.3, -0.25) is 25.8 Å². The molecule has 2 aromatic carbocycles. The number of ether oxygens (including phenoxy) is 4. The molecule has 0 saturated carbocycles. The van der Waals surface area contributed by atoms with Crippen LogP contribution in [0.3, 0.4) is 0 Å². The number of hydrogen-bond donors (Lipinski definition) is 3. The highest BCUT2D eigenvalue weighted by Crippen LogP contribution is 2.38. The summed E-state index contributed by atoms with van der Waals surface area (Å²) in [5.41, 5.74) is 5.52. The van der Waals surface area contributed by atoms with Gasteiger partial charge in [0.2, 0.25) is 5.75 Å². The molecule has 0 aromatic heterocycles. The molecule has 3 N–H and O–H groups in total. The molecule has 33 heavy (non-hydrogen) atoms. The van der Waals surface area contributed by atoms with Gasteiger partial charge in [-0.25, -0.2) is 0 Å². The van der Waals surface area contributed by atoms with E-state index in [-0.39, 0.29) is 10.7 Å². The standard InChI is InChI=1S/C23H29N3O6S/c1-5-6-9-12-32-17-11-8-7-10-16(17)22(28)24-23(33)26-25-21(27)15-13-18(29-2)20(31-4)19(14-15)30-3/h7-8,10-11,13-14H,5-6,9,12H2,1-4H3,(H,25,27)(H2,24,26,28,33). The molecular formula is C23H29N3O6S. The van der Waals surface area contributed by atoms with Crippen LogP contribution >= 0.6 is 12.2 Å². The summed E-state index contributed by atoms with van der Waals surface area (Å²) in [4.78, 5) is 25.2. The Labute approximate surface area is 198 Å². The number of hydrogen-bond acceptors (Lipinski definition) is 7. The van der Waals surface area contributed by atoms with E-state index >= 15 is 0 Å². The van der Waals surface area contributed by atoms with E-state index in [1.807, 2.05) is 0 Å². The summed E-state index contributed by atoms with van der Waals surface area (Å²) in [6.45, 7) is 2.63. The van der Waals surface area contributed by atoms with Crippen LogP contribution in [0.1, 0.15) is 46.9 Å². The van der Waals surface area contributed by atoms with E-state index in [1.54, 1.807) is 24.3 Å². The maximum atomic E-state index is 12.6. The summed E-state index contributed by atoms with van der Waals surface area (Å²) >= 11 is 5.13. The second-order valence-electron chi connectivity index (χ2n) is 6.83. The molecule has 2 amide bonds. The number of methoxy groups -OCH3 is 3. The lowest BCUT2D eigenvalue weighted by molar-refractivity contribution is 0.0933. The van der Waals surface area contributed by atoms with Gasteiger partial charge < -0.3 is 18.9 Å². The van der Waals surface area contributed by atoms with Crippen molar-refractivity contribution in [1.82, 2.24) is 16.2 Å². The second-order valence-corrected chi connectivity index (χ2v) is 7.24. The highest BCUT2D eigenvalue weighted by atomic mass is 32.1. The molecule has 0 aliphatic heterocycles. The number of thiocarbonyl (C=S) groups is 1. The Hall–Kier alpha value is -3.53. The molecule has 0 saturated heterocycles. The third-order valence-electron chi connectivity index (χ3n) is 4.58. The highest BCUT2D eigenvalue weighted by molar-refractivity contribution is 7.80. The van der Waals surface area contributed by atoms with Crippen LogP contribution in [0.4, 0.5) is 0 Å². The third kappa shape index (κ3) is 7.25. The number of nitrogens with one attached hydrogen (secondary N) is 3. The van der Waals surface area contributed by atoms with Gasteiger partial charge in [-0.05, 0) is 42.9 Å². The van der Waals surface area contributed by atoms with Gasteiger partial charge >= 0.3 is 0 Å². The molecule has 2 rings (SSSR count). The van der Waals surface area contributed by atoms with E-state index in [0.29, 0.717) is 35.2 Å². The smallest absolute Gasteiger partial charge is 0.269 e. The lowest BCUT2D eigenvalue weighted by Crippen LogP contribution is -2.48. The van der Waals surface area contributed by atoms with Crippen LogP contribution in [0.15, 0.2) is 36.4 Å². The molecule has 9 nitrogen and oxygen atoms in total. The SMILES string of the molecule is CCCCCOc1ccccc1C(=O)NC(=S)NNC(=O)c1cc(OC)c(OC)c(OC)c1. The van der Waals surface area contributed by atoms with Crippen molar-refractivity contribution in [3.05, 3.63) is 47.5 Å². The molecule has 0 radical (unpaired) electrons. The van der Waals surface area contributed by atoms with Crippen molar-refractivity contribution in [1.29, 1.82) is 0 Å². The largest absolute Gasteiger partial charge is 0.493 e. The quantitative estimate of drug-likeness (QED) is 0.273. The average molecular weight is 476 g/mol. The number of unbranched alkanes of at least 4 members (excludes halogenated alkanes) is 2. The first-order valence-corrected chi connectivity index (χ1v) is 10.8. The summed E-state index contributed by atoms with van der Waals surface area (Å²) in [6.07, 6.45) is 3.03. The zero-order valence-electron chi connectivity index (χ0n) is 19.2. The first-order chi connectivity index (χ1) is 15.9. The molecule has 2 aromatic rings. The Balaban J connectivity index is 1.98. The topological polar surface area (TPSA) is 107 Å². The Morgan fingerprint density at radius 2 is 1.55 bits per heavy atom. The van der Waals surface area contributed by atoms with Crippen LogP contribution < -0.4 is 35.1 Å². The monoisotopic (exact) mass is 475 g/mol. The van der Waals surface area contributed by atoms with Gasteiger partial charge in [-0.1, -0.05) is 31.9 Å². The zero-order chi connectivity index (χ0) is 24.2. The van der Waals surface area contributed by atoms with Crippen molar-refractivity contribution in [3.8, 4) is 23.0 Å². The molecule has 0 aliphatic rings. The zero-order valence-corrected chi connectivity index (χ0v) is 20.0. The van der Waals surface area contributed by atoms with Gasteiger partial charge in [-0.2, -0.15) is 0 Å². The fraction of sp³-hybridized carbons (Fsp3) is 0.348. The molecular weight excluding hydrogens is 446 g/mol. The Kier molecular flexibility index (Phi) is 10.2. The van der Waals surface area contributed by atoms with Crippen molar-refractivity contribution in [2.45, 2.75) is 26.2 Å². The van der Waals surface area contributed by atoms with E-state index in [4.69, 9.17) is 31.2 Å². The number of amides is 2. The minimum atomic E-state index is -0.523. The molecule has 0 spiro atoms. The van der Waals surface area contributed by atoms with E-state index < -0.39 is 11.8 Å². The summed E-state index contributed by atoms with van der Waals surface area (Å²) in [7, 11) is 4.37.